The lowest BCUT2D eigenvalue weighted by Crippen LogP contribution is -2.25. The van der Waals surface area contributed by atoms with Crippen LogP contribution in [0, 0.1) is 5.92 Å². The molecule has 1 aromatic rings. The SMILES string of the molecule is C[C@@H](NCC1CCOC1)c1cccc(Br)c1. The maximum Gasteiger partial charge on any atom is 0.0507 e. The molecule has 0 amide bonds. The quantitative estimate of drug-likeness (QED) is 0.917. The standard InChI is InChI=1S/C13H18BrNO/c1-10(12-3-2-4-13(14)7-12)15-8-11-5-6-16-9-11/h2-4,7,10-11,15H,5-6,8-9H2,1H3/t10-,11?/m1/s1. The third kappa shape index (κ3) is 3.30. The van der Waals surface area contributed by atoms with Gasteiger partial charge in [0.05, 0.1) is 6.61 Å². The van der Waals surface area contributed by atoms with Gasteiger partial charge < -0.3 is 10.1 Å². The summed E-state index contributed by atoms with van der Waals surface area (Å²) in [6.45, 7) is 5.10. The van der Waals surface area contributed by atoms with Gasteiger partial charge in [-0.15, -0.1) is 0 Å². The largest absolute Gasteiger partial charge is 0.381 e. The molecule has 0 spiro atoms. The van der Waals surface area contributed by atoms with Crippen LogP contribution in [0.4, 0.5) is 0 Å². The van der Waals surface area contributed by atoms with Crippen LogP contribution in [0.15, 0.2) is 28.7 Å². The Morgan fingerprint density at radius 2 is 2.44 bits per heavy atom. The number of benzene rings is 1. The van der Waals surface area contributed by atoms with E-state index in [4.69, 9.17) is 4.74 Å². The second-order valence-corrected chi connectivity index (χ2v) is 5.33. The molecule has 2 nitrogen and oxygen atoms in total. The molecule has 0 saturated carbocycles. The predicted octanol–water partition coefficient (Wildman–Crippen LogP) is 3.14. The van der Waals surface area contributed by atoms with Crippen LogP contribution in [0.5, 0.6) is 0 Å². The zero-order chi connectivity index (χ0) is 11.4. The smallest absolute Gasteiger partial charge is 0.0507 e. The van der Waals surface area contributed by atoms with Crippen molar-refractivity contribution in [3.05, 3.63) is 34.3 Å². The van der Waals surface area contributed by atoms with Crippen LogP contribution in [0.2, 0.25) is 0 Å². The monoisotopic (exact) mass is 283 g/mol. The summed E-state index contributed by atoms with van der Waals surface area (Å²) in [7, 11) is 0. The Kier molecular flexibility index (Phi) is 4.38. The van der Waals surface area contributed by atoms with Crippen LogP contribution >= 0.6 is 15.9 Å². The van der Waals surface area contributed by atoms with E-state index in [1.54, 1.807) is 0 Å². The summed E-state index contributed by atoms with van der Waals surface area (Å²) in [5, 5.41) is 3.57. The molecule has 1 fully saturated rings. The molecule has 88 valence electrons. The molecule has 1 unspecified atom stereocenters. The lowest BCUT2D eigenvalue weighted by molar-refractivity contribution is 0.184. The van der Waals surface area contributed by atoms with Gasteiger partial charge in [-0.3, -0.25) is 0 Å². The van der Waals surface area contributed by atoms with Crippen LogP contribution in [-0.4, -0.2) is 19.8 Å². The zero-order valence-corrected chi connectivity index (χ0v) is 11.2. The maximum absolute atomic E-state index is 5.37. The summed E-state index contributed by atoms with van der Waals surface area (Å²) >= 11 is 3.50. The van der Waals surface area contributed by atoms with Gasteiger partial charge in [0, 0.05) is 23.7 Å². The molecule has 16 heavy (non-hydrogen) atoms. The Balaban J connectivity index is 1.85. The van der Waals surface area contributed by atoms with Crippen molar-refractivity contribution in [2.75, 3.05) is 19.8 Å². The highest BCUT2D eigenvalue weighted by Gasteiger charge is 2.16. The molecule has 0 aromatic heterocycles. The first kappa shape index (κ1) is 12.1. The van der Waals surface area contributed by atoms with Gasteiger partial charge in [-0.25, -0.2) is 0 Å². The summed E-state index contributed by atoms with van der Waals surface area (Å²) in [6, 6.07) is 8.87. The third-order valence-corrected chi connectivity index (χ3v) is 3.58. The number of hydrogen-bond donors (Lipinski definition) is 1. The Hall–Kier alpha value is -0.380. The third-order valence-electron chi connectivity index (χ3n) is 3.09. The van der Waals surface area contributed by atoms with Gasteiger partial charge in [0.15, 0.2) is 0 Å². The van der Waals surface area contributed by atoms with Gasteiger partial charge in [-0.2, -0.15) is 0 Å². The molecular formula is C13H18BrNO. The fourth-order valence-corrected chi connectivity index (χ4v) is 2.40. The molecule has 1 heterocycles. The van der Waals surface area contributed by atoms with Gasteiger partial charge in [-0.05, 0) is 37.0 Å². The van der Waals surface area contributed by atoms with E-state index < -0.39 is 0 Å². The molecule has 1 N–H and O–H groups in total. The van der Waals surface area contributed by atoms with E-state index in [0.717, 1.165) is 24.2 Å². The molecule has 0 bridgehead atoms. The van der Waals surface area contributed by atoms with Crippen molar-refractivity contribution < 1.29 is 4.74 Å². The topological polar surface area (TPSA) is 21.3 Å². The first-order valence-electron chi connectivity index (χ1n) is 5.82. The molecule has 1 aliphatic rings. The van der Waals surface area contributed by atoms with E-state index >= 15 is 0 Å². The van der Waals surface area contributed by atoms with Crippen molar-refractivity contribution in [3.8, 4) is 0 Å². The molecule has 3 heteroatoms. The van der Waals surface area contributed by atoms with Crippen LogP contribution < -0.4 is 5.32 Å². The maximum atomic E-state index is 5.37. The van der Waals surface area contributed by atoms with Crippen LogP contribution in [0.1, 0.15) is 24.9 Å². The van der Waals surface area contributed by atoms with Crippen LogP contribution in [0.3, 0.4) is 0 Å². The number of halogens is 1. The van der Waals surface area contributed by atoms with E-state index in [9.17, 15) is 0 Å². The second-order valence-electron chi connectivity index (χ2n) is 4.41. The summed E-state index contributed by atoms with van der Waals surface area (Å²) in [5.41, 5.74) is 1.33. The fraction of sp³-hybridized carbons (Fsp3) is 0.538. The van der Waals surface area contributed by atoms with Gasteiger partial charge in [0.1, 0.15) is 0 Å². The summed E-state index contributed by atoms with van der Waals surface area (Å²) in [4.78, 5) is 0. The normalized spacial score (nSPS) is 22.2. The number of ether oxygens (including phenoxy) is 1. The second kappa shape index (κ2) is 5.80. The van der Waals surface area contributed by atoms with E-state index in [-0.39, 0.29) is 0 Å². The summed E-state index contributed by atoms with van der Waals surface area (Å²) < 4.78 is 6.51. The van der Waals surface area contributed by atoms with Crippen molar-refractivity contribution in [3.63, 3.8) is 0 Å². The molecule has 2 rings (SSSR count). The Morgan fingerprint density at radius 1 is 1.56 bits per heavy atom. The van der Waals surface area contributed by atoms with Gasteiger partial charge in [0.2, 0.25) is 0 Å². The molecule has 2 atom stereocenters. The average molecular weight is 284 g/mol. The highest BCUT2D eigenvalue weighted by atomic mass is 79.9. The highest BCUT2D eigenvalue weighted by molar-refractivity contribution is 9.10. The Labute approximate surface area is 106 Å². The Bertz CT molecular complexity index is 336. The van der Waals surface area contributed by atoms with Crippen molar-refractivity contribution >= 4 is 15.9 Å². The zero-order valence-electron chi connectivity index (χ0n) is 9.58. The lowest BCUT2D eigenvalue weighted by Gasteiger charge is -2.17. The minimum atomic E-state index is 0.401. The molecule has 1 aromatic carbocycles. The molecular weight excluding hydrogens is 266 g/mol. The first-order valence-corrected chi connectivity index (χ1v) is 6.61. The average Bonchev–Trinajstić information content (AvgIpc) is 2.78. The van der Waals surface area contributed by atoms with E-state index in [1.807, 2.05) is 0 Å². The van der Waals surface area contributed by atoms with Crippen molar-refractivity contribution in [2.45, 2.75) is 19.4 Å². The first-order chi connectivity index (χ1) is 7.75. The number of rotatable bonds is 4. The van der Waals surface area contributed by atoms with Crippen molar-refractivity contribution in [1.82, 2.24) is 5.32 Å². The number of nitrogens with one attached hydrogen (secondary N) is 1. The fourth-order valence-electron chi connectivity index (χ4n) is 1.98. The predicted molar refractivity (Wildman–Crippen MR) is 69.5 cm³/mol. The van der Waals surface area contributed by atoms with Crippen LogP contribution in [-0.2, 0) is 4.74 Å². The Morgan fingerprint density at radius 3 is 3.12 bits per heavy atom. The van der Waals surface area contributed by atoms with Crippen molar-refractivity contribution in [2.24, 2.45) is 5.92 Å². The van der Waals surface area contributed by atoms with Gasteiger partial charge in [-0.1, -0.05) is 28.1 Å². The summed E-state index contributed by atoms with van der Waals surface area (Å²) in [5.74, 6) is 0.689. The lowest BCUT2D eigenvalue weighted by atomic mass is 10.1. The highest BCUT2D eigenvalue weighted by Crippen LogP contribution is 2.19. The van der Waals surface area contributed by atoms with E-state index in [2.05, 4.69) is 52.4 Å². The van der Waals surface area contributed by atoms with E-state index in [0.29, 0.717) is 12.0 Å². The molecule has 1 saturated heterocycles. The summed E-state index contributed by atoms with van der Waals surface area (Å²) in [6.07, 6.45) is 1.19. The van der Waals surface area contributed by atoms with Gasteiger partial charge in [0.25, 0.3) is 0 Å². The minimum Gasteiger partial charge on any atom is -0.381 e. The van der Waals surface area contributed by atoms with Crippen molar-refractivity contribution in [1.29, 1.82) is 0 Å². The van der Waals surface area contributed by atoms with E-state index in [1.165, 1.54) is 12.0 Å². The minimum absolute atomic E-state index is 0.401. The van der Waals surface area contributed by atoms with Crippen LogP contribution in [0.25, 0.3) is 0 Å². The molecule has 0 radical (unpaired) electrons. The molecule has 0 aliphatic carbocycles. The number of hydrogen-bond acceptors (Lipinski definition) is 2. The van der Waals surface area contributed by atoms with Gasteiger partial charge >= 0.3 is 0 Å². The molecule has 1 aliphatic heterocycles.